The second-order valence-electron chi connectivity index (χ2n) is 8.59. The molecule has 5 heterocycles. The maximum Gasteiger partial charge on any atom is 0.226 e. The first-order valence-electron chi connectivity index (χ1n) is 10.9. The summed E-state index contributed by atoms with van der Waals surface area (Å²) in [6.07, 6.45) is 8.29. The minimum atomic E-state index is 0.186. The molecular formula is C20H30N8O. The van der Waals surface area contributed by atoms with E-state index >= 15 is 0 Å². The van der Waals surface area contributed by atoms with E-state index in [0.717, 1.165) is 89.1 Å². The van der Waals surface area contributed by atoms with Crippen molar-refractivity contribution in [2.24, 2.45) is 5.92 Å². The highest BCUT2D eigenvalue weighted by Gasteiger charge is 2.34. The minimum Gasteiger partial charge on any atom is -0.368 e. The Bertz CT molecular complexity index is 868. The second-order valence-corrected chi connectivity index (χ2v) is 8.59. The first-order valence-corrected chi connectivity index (χ1v) is 10.9. The highest BCUT2D eigenvalue weighted by molar-refractivity contribution is 5.84. The van der Waals surface area contributed by atoms with Crippen LogP contribution in [0.1, 0.15) is 38.5 Å². The molecule has 0 bridgehead atoms. The number of nitrogens with zero attached hydrogens (tertiary/aromatic N) is 6. The minimum absolute atomic E-state index is 0.186. The summed E-state index contributed by atoms with van der Waals surface area (Å²) in [6.45, 7) is 5.80. The van der Waals surface area contributed by atoms with Crippen molar-refractivity contribution < 1.29 is 4.79 Å². The zero-order chi connectivity index (χ0) is 19.8. The van der Waals surface area contributed by atoms with Gasteiger partial charge in [0.15, 0.2) is 11.5 Å². The first-order chi connectivity index (χ1) is 14.2. The number of likely N-dealkylation sites (tertiary alicyclic amines) is 2. The number of carbonyl (C=O) groups excluding carboxylic acids is 1. The largest absolute Gasteiger partial charge is 0.368 e. The van der Waals surface area contributed by atoms with Crippen LogP contribution in [-0.4, -0.2) is 81.0 Å². The second kappa shape index (κ2) is 7.78. The van der Waals surface area contributed by atoms with E-state index in [0.29, 0.717) is 17.6 Å². The predicted molar refractivity (Wildman–Crippen MR) is 111 cm³/mol. The van der Waals surface area contributed by atoms with E-state index in [1.165, 1.54) is 0 Å². The normalized spacial score (nSPS) is 24.5. The number of aromatic nitrogens is 4. The molecule has 9 nitrogen and oxygen atoms in total. The molecule has 9 heteroatoms. The zero-order valence-corrected chi connectivity index (χ0v) is 16.9. The molecule has 1 amide bonds. The van der Waals surface area contributed by atoms with E-state index in [4.69, 9.17) is 5.73 Å². The number of nitrogen functional groups attached to an aromatic ring is 1. The Morgan fingerprint density at radius 1 is 1.03 bits per heavy atom. The molecular weight excluding hydrogens is 368 g/mol. The van der Waals surface area contributed by atoms with Gasteiger partial charge < -0.3 is 20.5 Å². The number of H-pyrrole nitrogens is 1. The molecule has 3 N–H and O–H groups in total. The van der Waals surface area contributed by atoms with E-state index < -0.39 is 0 Å². The number of amides is 1. The van der Waals surface area contributed by atoms with Gasteiger partial charge in [0.25, 0.3) is 0 Å². The molecule has 2 aromatic heterocycles. The first kappa shape index (κ1) is 18.6. The van der Waals surface area contributed by atoms with Crippen LogP contribution < -0.4 is 10.6 Å². The molecule has 5 rings (SSSR count). The van der Waals surface area contributed by atoms with Gasteiger partial charge in [0.05, 0.1) is 12.2 Å². The van der Waals surface area contributed by atoms with E-state index in [9.17, 15) is 4.79 Å². The number of nitrogens with two attached hydrogens (primary N) is 1. The average molecular weight is 399 g/mol. The molecule has 1 atom stereocenters. The van der Waals surface area contributed by atoms with Crippen LogP contribution in [-0.2, 0) is 4.79 Å². The molecule has 3 aliphatic rings. The van der Waals surface area contributed by atoms with E-state index in [-0.39, 0.29) is 11.9 Å². The molecule has 1 unspecified atom stereocenters. The monoisotopic (exact) mass is 398 g/mol. The van der Waals surface area contributed by atoms with E-state index in [1.807, 2.05) is 0 Å². The van der Waals surface area contributed by atoms with Gasteiger partial charge in [-0.2, -0.15) is 9.97 Å². The summed E-state index contributed by atoms with van der Waals surface area (Å²) in [7, 11) is 0. The third kappa shape index (κ3) is 3.63. The Balaban J connectivity index is 1.22. The number of hydrogen-bond acceptors (Lipinski definition) is 7. The molecule has 2 aromatic rings. The molecule has 0 saturated carbocycles. The summed E-state index contributed by atoms with van der Waals surface area (Å²) >= 11 is 0. The molecule has 3 aliphatic heterocycles. The maximum absolute atomic E-state index is 12.9. The molecule has 0 aromatic carbocycles. The lowest BCUT2D eigenvalue weighted by Gasteiger charge is -2.42. The SMILES string of the molecule is Nc1nc(N2CCC(N3CCCC(C(=O)N4CCCC4)C3)CC2)c2[nH]cnc2n1. The van der Waals surface area contributed by atoms with Crippen LogP contribution in [0.2, 0.25) is 0 Å². The van der Waals surface area contributed by atoms with Crippen molar-refractivity contribution in [2.75, 3.05) is 49.9 Å². The average Bonchev–Trinajstić information content (AvgIpc) is 3.45. The number of hydrogen-bond donors (Lipinski definition) is 2. The van der Waals surface area contributed by atoms with Crippen molar-refractivity contribution >= 4 is 28.8 Å². The number of imidazole rings is 1. The molecule has 29 heavy (non-hydrogen) atoms. The molecule has 0 aliphatic carbocycles. The van der Waals surface area contributed by atoms with Gasteiger partial charge in [-0.05, 0) is 45.1 Å². The van der Waals surface area contributed by atoms with Crippen molar-refractivity contribution in [3.63, 3.8) is 0 Å². The third-order valence-electron chi connectivity index (χ3n) is 6.78. The number of anilines is 2. The summed E-state index contributed by atoms with van der Waals surface area (Å²) < 4.78 is 0. The summed E-state index contributed by atoms with van der Waals surface area (Å²) in [4.78, 5) is 35.8. The molecule has 3 saturated heterocycles. The van der Waals surface area contributed by atoms with Crippen molar-refractivity contribution in [1.29, 1.82) is 0 Å². The van der Waals surface area contributed by atoms with Crippen LogP contribution in [0.3, 0.4) is 0 Å². The molecule has 0 spiro atoms. The fourth-order valence-corrected chi connectivity index (χ4v) is 5.24. The summed E-state index contributed by atoms with van der Waals surface area (Å²) in [5.74, 6) is 1.69. The van der Waals surface area contributed by atoms with E-state index in [1.54, 1.807) is 6.33 Å². The Morgan fingerprint density at radius 2 is 1.83 bits per heavy atom. The lowest BCUT2D eigenvalue weighted by molar-refractivity contribution is -0.136. The van der Waals surface area contributed by atoms with Gasteiger partial charge in [0, 0.05) is 38.8 Å². The van der Waals surface area contributed by atoms with E-state index in [2.05, 4.69) is 34.6 Å². The lowest BCUT2D eigenvalue weighted by Crippen LogP contribution is -2.51. The maximum atomic E-state index is 12.9. The fourth-order valence-electron chi connectivity index (χ4n) is 5.24. The highest BCUT2D eigenvalue weighted by Crippen LogP contribution is 2.29. The topological polar surface area (TPSA) is 107 Å². The predicted octanol–water partition coefficient (Wildman–Crippen LogP) is 1.24. The van der Waals surface area contributed by atoms with Gasteiger partial charge >= 0.3 is 0 Å². The van der Waals surface area contributed by atoms with Crippen LogP contribution in [0.15, 0.2) is 6.33 Å². The van der Waals surface area contributed by atoms with Crippen LogP contribution in [0.5, 0.6) is 0 Å². The number of rotatable bonds is 3. The van der Waals surface area contributed by atoms with Gasteiger partial charge in [0.1, 0.15) is 5.52 Å². The highest BCUT2D eigenvalue weighted by atomic mass is 16.2. The molecule has 3 fully saturated rings. The molecule has 156 valence electrons. The van der Waals surface area contributed by atoms with Gasteiger partial charge in [-0.3, -0.25) is 9.69 Å². The fraction of sp³-hybridized carbons (Fsp3) is 0.700. The Morgan fingerprint density at radius 3 is 2.62 bits per heavy atom. The van der Waals surface area contributed by atoms with Crippen molar-refractivity contribution in [1.82, 2.24) is 29.7 Å². The van der Waals surface area contributed by atoms with Crippen molar-refractivity contribution in [2.45, 2.75) is 44.6 Å². The number of piperidine rings is 2. The quantitative estimate of drug-likeness (QED) is 0.801. The number of nitrogens with one attached hydrogen (secondary N) is 1. The Kier molecular flexibility index (Phi) is 4.99. The van der Waals surface area contributed by atoms with Gasteiger partial charge in [0.2, 0.25) is 11.9 Å². The van der Waals surface area contributed by atoms with Crippen LogP contribution in [0, 0.1) is 5.92 Å². The Labute approximate surface area is 170 Å². The third-order valence-corrected chi connectivity index (χ3v) is 6.78. The van der Waals surface area contributed by atoms with Crippen LogP contribution in [0.4, 0.5) is 11.8 Å². The van der Waals surface area contributed by atoms with Crippen LogP contribution >= 0.6 is 0 Å². The number of aromatic amines is 1. The lowest BCUT2D eigenvalue weighted by atomic mass is 9.93. The number of fused-ring (bicyclic) bond motifs is 1. The van der Waals surface area contributed by atoms with Crippen molar-refractivity contribution in [3.05, 3.63) is 6.33 Å². The summed E-state index contributed by atoms with van der Waals surface area (Å²) in [5.41, 5.74) is 7.36. The number of carbonyl (C=O) groups is 1. The smallest absolute Gasteiger partial charge is 0.226 e. The van der Waals surface area contributed by atoms with Crippen LogP contribution in [0.25, 0.3) is 11.2 Å². The standard InChI is InChI=1S/C20H30N8O/c21-20-24-17-16(22-13-23-17)18(25-20)26-10-5-15(6-11-26)28-9-3-4-14(12-28)19(29)27-7-1-2-8-27/h13-15H,1-12H2,(H3,21,22,23,24,25). The van der Waals surface area contributed by atoms with Crippen molar-refractivity contribution in [3.8, 4) is 0 Å². The summed E-state index contributed by atoms with van der Waals surface area (Å²) in [6, 6.07) is 0.539. The van der Waals surface area contributed by atoms with Gasteiger partial charge in [-0.15, -0.1) is 0 Å². The van der Waals surface area contributed by atoms with Gasteiger partial charge in [-0.25, -0.2) is 4.98 Å². The zero-order valence-electron chi connectivity index (χ0n) is 16.9. The summed E-state index contributed by atoms with van der Waals surface area (Å²) in [5, 5.41) is 0. The molecule has 0 radical (unpaired) electrons. The van der Waals surface area contributed by atoms with Gasteiger partial charge in [-0.1, -0.05) is 0 Å². The Hall–Kier alpha value is -2.42.